The Morgan fingerprint density at radius 1 is 1.00 bits per heavy atom. The summed E-state index contributed by atoms with van der Waals surface area (Å²) in [4.78, 5) is 38.8. The molecule has 0 radical (unpaired) electrons. The van der Waals surface area contributed by atoms with E-state index in [0.717, 1.165) is 22.5 Å². The molecule has 1 saturated carbocycles. The molecule has 6 nitrogen and oxygen atoms in total. The molecule has 34 heavy (non-hydrogen) atoms. The van der Waals surface area contributed by atoms with E-state index in [1.165, 1.54) is 12.1 Å². The number of hydrogen-bond acceptors (Lipinski definition) is 4. The predicted octanol–water partition coefficient (Wildman–Crippen LogP) is 4.78. The van der Waals surface area contributed by atoms with Gasteiger partial charge in [-0.25, -0.2) is 4.79 Å². The third-order valence-corrected chi connectivity index (χ3v) is 7.12. The third kappa shape index (κ3) is 3.83. The van der Waals surface area contributed by atoms with Crippen molar-refractivity contribution in [2.24, 2.45) is 0 Å². The van der Waals surface area contributed by atoms with Crippen molar-refractivity contribution in [1.29, 1.82) is 0 Å². The minimum absolute atomic E-state index is 0.0451. The molecule has 2 N–H and O–H groups in total. The summed E-state index contributed by atoms with van der Waals surface area (Å²) in [5.41, 5.74) is 3.40. The van der Waals surface area contributed by atoms with Crippen LogP contribution in [0.5, 0.6) is 0 Å². The summed E-state index contributed by atoms with van der Waals surface area (Å²) in [6.45, 7) is 0.608. The minimum Gasteiger partial charge on any atom is -0.480 e. The molecule has 1 heterocycles. The van der Waals surface area contributed by atoms with Crippen LogP contribution in [0.2, 0.25) is 10.0 Å². The van der Waals surface area contributed by atoms with Crippen LogP contribution in [-0.2, 0) is 21.4 Å². The van der Waals surface area contributed by atoms with Crippen molar-refractivity contribution in [1.82, 2.24) is 5.32 Å². The van der Waals surface area contributed by atoms with Crippen molar-refractivity contribution in [3.05, 3.63) is 93.5 Å². The molecule has 0 aromatic heterocycles. The molecule has 1 unspecified atom stereocenters. The lowest BCUT2D eigenvalue weighted by molar-refractivity contribution is -0.139. The number of carbonyl (C=O) groups excluding carboxylic acids is 2. The molecule has 0 saturated heterocycles. The Bertz CT molecular complexity index is 1300. The zero-order chi connectivity index (χ0) is 24.0. The topological polar surface area (TPSA) is 86.7 Å². The number of carboxylic acids is 1. The van der Waals surface area contributed by atoms with Crippen LogP contribution in [-0.4, -0.2) is 35.4 Å². The zero-order valence-electron chi connectivity index (χ0n) is 17.9. The molecule has 2 aliphatic rings. The maximum Gasteiger partial charge on any atom is 0.326 e. The van der Waals surface area contributed by atoms with E-state index >= 15 is 0 Å². The lowest BCUT2D eigenvalue weighted by Gasteiger charge is -2.21. The van der Waals surface area contributed by atoms with Gasteiger partial charge in [0.2, 0.25) is 0 Å². The van der Waals surface area contributed by atoms with E-state index in [2.05, 4.69) is 10.2 Å². The lowest BCUT2D eigenvalue weighted by atomic mass is 9.99. The summed E-state index contributed by atoms with van der Waals surface area (Å²) in [6, 6.07) is 18.9. The number of carboxylic acid groups (broad SMARTS) is 1. The van der Waals surface area contributed by atoms with E-state index in [4.69, 9.17) is 23.2 Å². The van der Waals surface area contributed by atoms with Crippen molar-refractivity contribution in [2.75, 3.05) is 11.4 Å². The highest BCUT2D eigenvalue weighted by Gasteiger charge is 2.60. The summed E-state index contributed by atoms with van der Waals surface area (Å²) in [5, 5.41) is 12.5. The molecule has 3 aromatic rings. The third-order valence-electron chi connectivity index (χ3n) is 6.49. The fraction of sp³-hybridized carbons (Fsp3) is 0.192. The van der Waals surface area contributed by atoms with Gasteiger partial charge in [0.25, 0.3) is 5.91 Å². The number of carbonyl (C=O) groups is 3. The standard InChI is InChI=1S/C26H20Cl2N2O4/c27-18-5-3-6-19(28)23(18)24(32)29-20(25(33)34)12-15-8-10-16(11-9-15)30-14-26(13-22(26)31)17-4-1-2-7-21(17)30/h1-11,20H,12-14H2,(H,29,32)(H,33,34)/t20-,26?/m0/s1. The fourth-order valence-corrected chi connectivity index (χ4v) is 5.17. The maximum absolute atomic E-state index is 12.7. The van der Waals surface area contributed by atoms with Crippen LogP contribution in [0.1, 0.15) is 27.9 Å². The van der Waals surface area contributed by atoms with Gasteiger partial charge >= 0.3 is 5.97 Å². The molecule has 3 aromatic carbocycles. The summed E-state index contributed by atoms with van der Waals surface area (Å²) >= 11 is 12.2. The molecule has 1 fully saturated rings. The van der Waals surface area contributed by atoms with Crippen molar-refractivity contribution in [3.8, 4) is 0 Å². The second-order valence-electron chi connectivity index (χ2n) is 8.62. The Hall–Kier alpha value is -3.35. The summed E-state index contributed by atoms with van der Waals surface area (Å²) in [7, 11) is 0. The smallest absolute Gasteiger partial charge is 0.326 e. The molecule has 5 rings (SSSR count). The number of rotatable bonds is 6. The Labute approximate surface area is 206 Å². The summed E-state index contributed by atoms with van der Waals surface area (Å²) in [5.74, 6) is -1.55. The second-order valence-corrected chi connectivity index (χ2v) is 9.43. The van der Waals surface area contributed by atoms with Crippen molar-refractivity contribution in [2.45, 2.75) is 24.3 Å². The number of hydrogen-bond donors (Lipinski definition) is 2. The predicted molar refractivity (Wildman–Crippen MR) is 130 cm³/mol. The molecule has 1 aliphatic heterocycles. The number of aliphatic carboxylic acids is 1. The first-order valence-electron chi connectivity index (χ1n) is 10.8. The number of amides is 1. The highest BCUT2D eigenvalue weighted by Crippen LogP contribution is 2.55. The van der Waals surface area contributed by atoms with Crippen LogP contribution in [0.15, 0.2) is 66.7 Å². The lowest BCUT2D eigenvalue weighted by Crippen LogP contribution is -2.42. The number of para-hydroxylation sites is 1. The Morgan fingerprint density at radius 3 is 2.26 bits per heavy atom. The van der Waals surface area contributed by atoms with Crippen LogP contribution >= 0.6 is 23.2 Å². The van der Waals surface area contributed by atoms with Crippen LogP contribution < -0.4 is 10.2 Å². The number of fused-ring (bicyclic) bond motifs is 2. The van der Waals surface area contributed by atoms with Gasteiger partial charge < -0.3 is 15.3 Å². The number of halogens is 2. The van der Waals surface area contributed by atoms with Gasteiger partial charge in [0, 0.05) is 30.8 Å². The average Bonchev–Trinajstić information content (AvgIpc) is 3.34. The highest BCUT2D eigenvalue weighted by atomic mass is 35.5. The molecular formula is C26H20Cl2N2O4. The number of nitrogens with one attached hydrogen (secondary N) is 1. The number of nitrogens with zero attached hydrogens (tertiary/aromatic N) is 1. The van der Waals surface area contributed by atoms with E-state index in [0.29, 0.717) is 13.0 Å². The van der Waals surface area contributed by atoms with E-state index < -0.39 is 23.3 Å². The van der Waals surface area contributed by atoms with Crippen LogP contribution in [0, 0.1) is 0 Å². The molecule has 1 spiro atoms. The molecule has 1 amide bonds. The summed E-state index contributed by atoms with van der Waals surface area (Å²) in [6.07, 6.45) is 0.649. The van der Waals surface area contributed by atoms with E-state index in [1.54, 1.807) is 6.07 Å². The molecule has 8 heteroatoms. The van der Waals surface area contributed by atoms with Gasteiger partial charge in [-0.05, 0) is 41.5 Å². The Balaban J connectivity index is 1.33. The van der Waals surface area contributed by atoms with Gasteiger partial charge in [-0.3, -0.25) is 9.59 Å². The number of anilines is 2. The second kappa shape index (κ2) is 8.46. The average molecular weight is 495 g/mol. The normalized spacial score (nSPS) is 19.1. The van der Waals surface area contributed by atoms with E-state index in [1.807, 2.05) is 48.5 Å². The molecule has 2 atom stereocenters. The van der Waals surface area contributed by atoms with Crippen molar-refractivity contribution in [3.63, 3.8) is 0 Å². The van der Waals surface area contributed by atoms with Crippen molar-refractivity contribution < 1.29 is 19.5 Å². The Kier molecular flexibility index (Phi) is 5.58. The van der Waals surface area contributed by atoms with E-state index in [9.17, 15) is 19.5 Å². The quantitative estimate of drug-likeness (QED) is 0.514. The molecule has 1 aliphatic carbocycles. The summed E-state index contributed by atoms with van der Waals surface area (Å²) < 4.78 is 0. The number of benzene rings is 3. The van der Waals surface area contributed by atoms with Gasteiger partial charge in [0.1, 0.15) is 11.8 Å². The maximum atomic E-state index is 12.7. The first kappa shape index (κ1) is 22.4. The highest BCUT2D eigenvalue weighted by molar-refractivity contribution is 6.39. The number of Topliss-reactive ketones (excluding diaryl/α,β-unsaturated/α-hetero) is 1. The van der Waals surface area contributed by atoms with Crippen molar-refractivity contribution >= 4 is 52.2 Å². The first-order valence-corrected chi connectivity index (χ1v) is 11.5. The molecular weight excluding hydrogens is 475 g/mol. The molecule has 0 bridgehead atoms. The van der Waals surface area contributed by atoms with Crippen LogP contribution in [0.3, 0.4) is 0 Å². The van der Waals surface area contributed by atoms with Gasteiger partial charge in [0.05, 0.1) is 21.0 Å². The van der Waals surface area contributed by atoms with Gasteiger partial charge in [-0.1, -0.05) is 59.6 Å². The van der Waals surface area contributed by atoms with Crippen LogP contribution in [0.25, 0.3) is 0 Å². The monoisotopic (exact) mass is 494 g/mol. The van der Waals surface area contributed by atoms with Crippen LogP contribution in [0.4, 0.5) is 11.4 Å². The fourth-order valence-electron chi connectivity index (χ4n) is 4.60. The van der Waals surface area contributed by atoms with Gasteiger partial charge in [0.15, 0.2) is 0 Å². The molecule has 172 valence electrons. The SMILES string of the molecule is O=C(N[C@@H](Cc1ccc(N2CC3(CC3=O)c3ccccc32)cc1)C(=O)O)c1c(Cl)cccc1Cl. The van der Waals surface area contributed by atoms with E-state index in [-0.39, 0.29) is 27.8 Å². The number of ketones is 1. The largest absolute Gasteiger partial charge is 0.480 e. The van der Waals surface area contributed by atoms with Gasteiger partial charge in [-0.15, -0.1) is 0 Å². The Morgan fingerprint density at radius 2 is 1.65 bits per heavy atom. The van der Waals surface area contributed by atoms with Gasteiger partial charge in [-0.2, -0.15) is 0 Å². The first-order chi connectivity index (χ1) is 16.3. The minimum atomic E-state index is -1.16. The zero-order valence-corrected chi connectivity index (χ0v) is 19.4.